The molecule has 3 rings (SSSR count). The van der Waals surface area contributed by atoms with Crippen molar-refractivity contribution in [3.05, 3.63) is 94.0 Å². The van der Waals surface area contributed by atoms with E-state index in [9.17, 15) is 9.59 Å². The standard InChI is InChI=1S/C26H27ClN2O4/c1-29(2)17-21-15-19(16-25(30)31)5-12-24(21)33-23-10-6-20(7-11-23)26(32)28-14-13-18-3-8-22(27)9-4-18/h3-12,15H,13-14,16-17H2,1-2H3,(H,28,32)(H,30,31). The highest BCUT2D eigenvalue weighted by atomic mass is 35.5. The number of nitrogens with one attached hydrogen (secondary N) is 1. The van der Waals surface area contributed by atoms with Crippen molar-refractivity contribution in [3.63, 3.8) is 0 Å². The molecule has 0 aromatic heterocycles. The summed E-state index contributed by atoms with van der Waals surface area (Å²) in [5.74, 6) is 0.222. The molecule has 3 aromatic carbocycles. The molecule has 0 bridgehead atoms. The van der Waals surface area contributed by atoms with Crippen molar-refractivity contribution in [2.75, 3.05) is 20.6 Å². The first kappa shape index (κ1) is 24.3. The van der Waals surface area contributed by atoms with Crippen LogP contribution >= 0.6 is 11.6 Å². The van der Waals surface area contributed by atoms with Crippen molar-refractivity contribution in [1.82, 2.24) is 10.2 Å². The molecule has 0 unspecified atom stereocenters. The molecule has 0 aliphatic carbocycles. The summed E-state index contributed by atoms with van der Waals surface area (Å²) in [6.07, 6.45) is 0.680. The van der Waals surface area contributed by atoms with E-state index in [1.54, 1.807) is 36.4 Å². The highest BCUT2D eigenvalue weighted by molar-refractivity contribution is 6.30. The van der Waals surface area contributed by atoms with Gasteiger partial charge in [-0.2, -0.15) is 0 Å². The Labute approximate surface area is 198 Å². The Bertz CT molecular complexity index is 1100. The lowest BCUT2D eigenvalue weighted by Gasteiger charge is -2.16. The lowest BCUT2D eigenvalue weighted by atomic mass is 10.1. The van der Waals surface area contributed by atoms with Gasteiger partial charge in [-0.1, -0.05) is 35.9 Å². The van der Waals surface area contributed by atoms with Crippen LogP contribution in [-0.2, 0) is 24.2 Å². The van der Waals surface area contributed by atoms with E-state index in [0.29, 0.717) is 35.2 Å². The Morgan fingerprint density at radius 1 is 0.970 bits per heavy atom. The van der Waals surface area contributed by atoms with Gasteiger partial charge in [0.05, 0.1) is 6.42 Å². The quantitative estimate of drug-likeness (QED) is 0.449. The first-order valence-electron chi connectivity index (χ1n) is 10.6. The first-order valence-corrected chi connectivity index (χ1v) is 11.0. The van der Waals surface area contributed by atoms with Crippen molar-refractivity contribution in [2.24, 2.45) is 0 Å². The molecule has 0 aliphatic heterocycles. The molecule has 0 atom stereocenters. The second-order valence-electron chi connectivity index (χ2n) is 8.01. The van der Waals surface area contributed by atoms with Gasteiger partial charge in [0.2, 0.25) is 0 Å². The van der Waals surface area contributed by atoms with Crippen LogP contribution in [0.2, 0.25) is 5.02 Å². The molecular formula is C26H27ClN2O4. The summed E-state index contributed by atoms with van der Waals surface area (Å²) in [4.78, 5) is 25.5. The Kier molecular flexibility index (Phi) is 8.46. The normalized spacial score (nSPS) is 10.8. The van der Waals surface area contributed by atoms with E-state index >= 15 is 0 Å². The maximum Gasteiger partial charge on any atom is 0.307 e. The van der Waals surface area contributed by atoms with Crippen molar-refractivity contribution in [1.29, 1.82) is 0 Å². The lowest BCUT2D eigenvalue weighted by Crippen LogP contribution is -2.25. The zero-order valence-corrected chi connectivity index (χ0v) is 19.4. The van der Waals surface area contributed by atoms with E-state index in [2.05, 4.69) is 5.32 Å². The number of carboxylic acids is 1. The average Bonchev–Trinajstić information content (AvgIpc) is 2.76. The molecule has 0 radical (unpaired) electrons. The Hall–Kier alpha value is -3.35. The van der Waals surface area contributed by atoms with Gasteiger partial charge < -0.3 is 20.1 Å². The van der Waals surface area contributed by atoms with Gasteiger partial charge in [0.1, 0.15) is 11.5 Å². The van der Waals surface area contributed by atoms with Crippen LogP contribution < -0.4 is 10.1 Å². The van der Waals surface area contributed by atoms with Crippen molar-refractivity contribution < 1.29 is 19.4 Å². The Balaban J connectivity index is 1.61. The molecule has 1 amide bonds. The number of hydrogen-bond acceptors (Lipinski definition) is 4. The molecular weight excluding hydrogens is 440 g/mol. The van der Waals surface area contributed by atoms with Crippen LogP contribution in [0, 0.1) is 0 Å². The van der Waals surface area contributed by atoms with Gasteiger partial charge in [-0.15, -0.1) is 0 Å². The fraction of sp³-hybridized carbons (Fsp3) is 0.231. The molecule has 0 heterocycles. The first-order chi connectivity index (χ1) is 15.8. The number of hydrogen-bond donors (Lipinski definition) is 2. The maximum absolute atomic E-state index is 12.4. The van der Waals surface area contributed by atoms with Crippen LogP contribution in [0.5, 0.6) is 11.5 Å². The van der Waals surface area contributed by atoms with Crippen molar-refractivity contribution in [3.8, 4) is 11.5 Å². The molecule has 0 saturated heterocycles. The van der Waals surface area contributed by atoms with E-state index in [-0.39, 0.29) is 12.3 Å². The predicted molar refractivity (Wildman–Crippen MR) is 129 cm³/mol. The molecule has 3 aromatic rings. The summed E-state index contributed by atoms with van der Waals surface area (Å²) >= 11 is 5.89. The third kappa shape index (κ3) is 7.63. The highest BCUT2D eigenvalue weighted by Gasteiger charge is 2.11. The largest absolute Gasteiger partial charge is 0.481 e. The van der Waals surface area contributed by atoms with E-state index in [1.807, 2.05) is 49.3 Å². The number of amides is 1. The summed E-state index contributed by atoms with van der Waals surface area (Å²) in [6, 6.07) is 19.9. The van der Waals surface area contributed by atoms with Crippen LogP contribution in [0.1, 0.15) is 27.0 Å². The third-order valence-corrected chi connectivity index (χ3v) is 5.18. The minimum Gasteiger partial charge on any atom is -0.481 e. The average molecular weight is 467 g/mol. The molecule has 0 fully saturated rings. The Morgan fingerprint density at radius 3 is 2.27 bits per heavy atom. The van der Waals surface area contributed by atoms with Gasteiger partial charge in [0.15, 0.2) is 0 Å². The molecule has 0 saturated carbocycles. The molecule has 33 heavy (non-hydrogen) atoms. The fourth-order valence-corrected chi connectivity index (χ4v) is 3.48. The second-order valence-corrected chi connectivity index (χ2v) is 8.45. The minimum absolute atomic E-state index is 0.0392. The molecule has 2 N–H and O–H groups in total. The molecule has 7 heteroatoms. The topological polar surface area (TPSA) is 78.9 Å². The molecule has 0 spiro atoms. The second kappa shape index (κ2) is 11.5. The fourth-order valence-electron chi connectivity index (χ4n) is 3.36. The van der Waals surface area contributed by atoms with Gasteiger partial charge >= 0.3 is 5.97 Å². The van der Waals surface area contributed by atoms with E-state index in [4.69, 9.17) is 21.4 Å². The number of carboxylic acid groups (broad SMARTS) is 1. The number of ether oxygens (including phenoxy) is 1. The summed E-state index contributed by atoms with van der Waals surface area (Å²) in [5.41, 5.74) is 3.26. The van der Waals surface area contributed by atoms with Gasteiger partial charge in [-0.25, -0.2) is 0 Å². The summed E-state index contributed by atoms with van der Waals surface area (Å²) < 4.78 is 6.04. The van der Waals surface area contributed by atoms with Crippen LogP contribution in [-0.4, -0.2) is 42.5 Å². The van der Waals surface area contributed by atoms with Crippen molar-refractivity contribution >= 4 is 23.5 Å². The van der Waals surface area contributed by atoms with Gasteiger partial charge in [0.25, 0.3) is 5.91 Å². The molecule has 6 nitrogen and oxygen atoms in total. The van der Waals surface area contributed by atoms with E-state index in [1.165, 1.54) is 0 Å². The number of carbonyl (C=O) groups excluding carboxylic acids is 1. The van der Waals surface area contributed by atoms with E-state index < -0.39 is 5.97 Å². The number of rotatable bonds is 10. The van der Waals surface area contributed by atoms with Crippen LogP contribution in [0.15, 0.2) is 66.7 Å². The van der Waals surface area contributed by atoms with Crippen LogP contribution in [0.4, 0.5) is 0 Å². The summed E-state index contributed by atoms with van der Waals surface area (Å²) in [6.45, 7) is 1.13. The SMILES string of the molecule is CN(C)Cc1cc(CC(=O)O)ccc1Oc1ccc(C(=O)NCCc2ccc(Cl)cc2)cc1. The van der Waals surface area contributed by atoms with Gasteiger partial charge in [-0.3, -0.25) is 9.59 Å². The third-order valence-electron chi connectivity index (χ3n) is 4.92. The van der Waals surface area contributed by atoms with E-state index in [0.717, 1.165) is 23.1 Å². The number of nitrogens with zero attached hydrogens (tertiary/aromatic N) is 1. The monoisotopic (exact) mass is 466 g/mol. The number of aliphatic carboxylic acids is 1. The number of halogens is 1. The number of benzene rings is 3. The minimum atomic E-state index is -0.874. The number of carbonyl (C=O) groups is 2. The smallest absolute Gasteiger partial charge is 0.307 e. The molecule has 0 aliphatic rings. The van der Waals surface area contributed by atoms with Gasteiger partial charge in [0, 0.05) is 29.2 Å². The maximum atomic E-state index is 12.4. The van der Waals surface area contributed by atoms with Gasteiger partial charge in [-0.05, 0) is 74.1 Å². The van der Waals surface area contributed by atoms with Crippen LogP contribution in [0.25, 0.3) is 0 Å². The zero-order chi connectivity index (χ0) is 23.8. The van der Waals surface area contributed by atoms with Crippen LogP contribution in [0.3, 0.4) is 0 Å². The summed E-state index contributed by atoms with van der Waals surface area (Å²) in [7, 11) is 3.88. The zero-order valence-electron chi connectivity index (χ0n) is 18.7. The Morgan fingerprint density at radius 2 is 1.64 bits per heavy atom. The van der Waals surface area contributed by atoms with Crippen molar-refractivity contribution in [2.45, 2.75) is 19.4 Å². The predicted octanol–water partition coefficient (Wildman–Crippen LogP) is 4.79. The summed E-state index contributed by atoms with van der Waals surface area (Å²) in [5, 5.41) is 12.7. The lowest BCUT2D eigenvalue weighted by molar-refractivity contribution is -0.136. The molecule has 172 valence electrons. The highest BCUT2D eigenvalue weighted by Crippen LogP contribution is 2.28.